The Morgan fingerprint density at radius 1 is 1.33 bits per heavy atom. The van der Waals surface area contributed by atoms with Crippen molar-refractivity contribution in [2.24, 2.45) is 5.73 Å². The molecule has 0 bridgehead atoms. The third kappa shape index (κ3) is 2.06. The van der Waals surface area contributed by atoms with E-state index in [1.165, 1.54) is 0 Å². The molecular weight excluding hydrogens is 250 g/mol. The molecule has 2 rings (SSSR count). The van der Waals surface area contributed by atoms with E-state index in [-0.39, 0.29) is 18.3 Å². The molecule has 1 aromatic rings. The van der Waals surface area contributed by atoms with Gasteiger partial charge in [-0.2, -0.15) is 0 Å². The lowest BCUT2D eigenvalue weighted by molar-refractivity contribution is 0.171. The topological polar surface area (TPSA) is 69.4 Å². The van der Waals surface area contributed by atoms with Crippen molar-refractivity contribution >= 4 is 9.84 Å². The second kappa shape index (κ2) is 4.64. The summed E-state index contributed by atoms with van der Waals surface area (Å²) in [6, 6.07) is 9.55. The van der Waals surface area contributed by atoms with Crippen molar-refractivity contribution < 1.29 is 13.2 Å². The summed E-state index contributed by atoms with van der Waals surface area (Å²) in [4.78, 5) is 0. The number of sulfone groups is 1. The molecule has 2 N–H and O–H groups in total. The zero-order valence-corrected chi connectivity index (χ0v) is 11.5. The molecular formula is C13H19NO3S. The Balaban J connectivity index is 2.36. The summed E-state index contributed by atoms with van der Waals surface area (Å²) < 4.78 is 29.3. The van der Waals surface area contributed by atoms with Crippen LogP contribution in [0.2, 0.25) is 0 Å². The highest BCUT2D eigenvalue weighted by molar-refractivity contribution is 7.92. The van der Waals surface area contributed by atoms with Crippen LogP contribution >= 0.6 is 0 Å². The average molecular weight is 269 g/mol. The lowest BCUT2D eigenvalue weighted by atomic mass is 10.1. The Labute approximate surface area is 108 Å². The molecule has 0 aliphatic heterocycles. The molecule has 5 heteroatoms. The lowest BCUT2D eigenvalue weighted by Crippen LogP contribution is -2.36. The molecule has 1 aliphatic carbocycles. The molecule has 3 atom stereocenters. The first kappa shape index (κ1) is 13.5. The standard InChI is InChI=1S/C13H19NO3S/c1-3-18(15,16)12-11(13(12,14)9-17-2)10-7-5-4-6-8-10/h4-8,11-12H,3,9,14H2,1-2H3/t11-,12-,13+/m1/s1. The van der Waals surface area contributed by atoms with Crippen molar-refractivity contribution in [2.45, 2.75) is 23.6 Å². The maximum absolute atomic E-state index is 12.1. The molecule has 0 heterocycles. The van der Waals surface area contributed by atoms with E-state index in [4.69, 9.17) is 10.5 Å². The molecule has 0 saturated heterocycles. The number of nitrogens with two attached hydrogens (primary N) is 1. The molecule has 0 radical (unpaired) electrons. The summed E-state index contributed by atoms with van der Waals surface area (Å²) in [5.41, 5.74) is 6.42. The zero-order valence-electron chi connectivity index (χ0n) is 10.7. The van der Waals surface area contributed by atoms with Crippen LogP contribution in [0.1, 0.15) is 18.4 Å². The van der Waals surface area contributed by atoms with Crippen molar-refractivity contribution in [2.75, 3.05) is 19.5 Å². The van der Waals surface area contributed by atoms with Crippen LogP contribution in [0.25, 0.3) is 0 Å². The highest BCUT2D eigenvalue weighted by Gasteiger charge is 2.68. The minimum absolute atomic E-state index is 0.115. The first-order chi connectivity index (χ1) is 8.47. The maximum Gasteiger partial charge on any atom is 0.155 e. The van der Waals surface area contributed by atoms with Gasteiger partial charge in [-0.1, -0.05) is 37.3 Å². The molecule has 1 fully saturated rings. The number of hydrogen-bond acceptors (Lipinski definition) is 4. The van der Waals surface area contributed by atoms with Gasteiger partial charge in [0.25, 0.3) is 0 Å². The molecule has 0 amide bonds. The van der Waals surface area contributed by atoms with E-state index in [0.29, 0.717) is 0 Å². The van der Waals surface area contributed by atoms with E-state index in [1.807, 2.05) is 30.3 Å². The van der Waals surface area contributed by atoms with E-state index < -0.39 is 20.6 Å². The van der Waals surface area contributed by atoms with Gasteiger partial charge >= 0.3 is 0 Å². The van der Waals surface area contributed by atoms with E-state index in [9.17, 15) is 8.42 Å². The smallest absolute Gasteiger partial charge is 0.155 e. The number of methoxy groups -OCH3 is 1. The molecule has 0 aromatic heterocycles. The summed E-state index contributed by atoms with van der Waals surface area (Å²) in [6.45, 7) is 1.92. The molecule has 4 nitrogen and oxygen atoms in total. The predicted molar refractivity (Wildman–Crippen MR) is 71.2 cm³/mol. The molecule has 1 aromatic carbocycles. The summed E-state index contributed by atoms with van der Waals surface area (Å²) in [7, 11) is -1.61. The third-order valence-corrected chi connectivity index (χ3v) is 5.93. The van der Waals surface area contributed by atoms with Crippen LogP contribution in [0.4, 0.5) is 0 Å². The fourth-order valence-electron chi connectivity index (χ4n) is 2.71. The van der Waals surface area contributed by atoms with Gasteiger partial charge in [-0.05, 0) is 5.56 Å². The number of rotatable bonds is 5. The lowest BCUT2D eigenvalue weighted by Gasteiger charge is -2.10. The maximum atomic E-state index is 12.1. The van der Waals surface area contributed by atoms with Crippen LogP contribution < -0.4 is 5.73 Å². The van der Waals surface area contributed by atoms with Crippen LogP contribution in [0.5, 0.6) is 0 Å². The van der Waals surface area contributed by atoms with Crippen LogP contribution in [0.15, 0.2) is 30.3 Å². The molecule has 1 aliphatic rings. The average Bonchev–Trinajstić information content (AvgIpc) is 2.98. The number of ether oxygens (including phenoxy) is 1. The van der Waals surface area contributed by atoms with Gasteiger partial charge in [0.05, 0.1) is 17.4 Å². The predicted octanol–water partition coefficient (Wildman–Crippen LogP) is 0.931. The number of hydrogen-bond donors (Lipinski definition) is 1. The van der Waals surface area contributed by atoms with Gasteiger partial charge < -0.3 is 10.5 Å². The summed E-state index contributed by atoms with van der Waals surface area (Å²) in [5.74, 6) is -0.0486. The molecule has 100 valence electrons. The van der Waals surface area contributed by atoms with E-state index in [2.05, 4.69) is 0 Å². The zero-order chi connectivity index (χ0) is 13.4. The van der Waals surface area contributed by atoms with Gasteiger partial charge in [-0.25, -0.2) is 8.42 Å². The van der Waals surface area contributed by atoms with Crippen molar-refractivity contribution in [1.82, 2.24) is 0 Å². The van der Waals surface area contributed by atoms with Crippen molar-refractivity contribution in [3.63, 3.8) is 0 Å². The fraction of sp³-hybridized carbons (Fsp3) is 0.538. The Kier molecular flexibility index (Phi) is 3.49. The van der Waals surface area contributed by atoms with Crippen LogP contribution in [-0.2, 0) is 14.6 Å². The second-order valence-electron chi connectivity index (χ2n) is 4.81. The summed E-state index contributed by atoms with van der Waals surface area (Å²) >= 11 is 0. The summed E-state index contributed by atoms with van der Waals surface area (Å²) in [5, 5.41) is -0.530. The minimum atomic E-state index is -3.16. The highest BCUT2D eigenvalue weighted by Crippen LogP contribution is 2.54. The van der Waals surface area contributed by atoms with Crippen molar-refractivity contribution in [3.05, 3.63) is 35.9 Å². The molecule has 0 unspecified atom stereocenters. The van der Waals surface area contributed by atoms with Gasteiger partial charge in [0, 0.05) is 18.8 Å². The number of benzene rings is 1. The second-order valence-corrected chi connectivity index (χ2v) is 7.22. The Hall–Kier alpha value is -0.910. The van der Waals surface area contributed by atoms with Gasteiger partial charge in [-0.3, -0.25) is 0 Å². The first-order valence-corrected chi connectivity index (χ1v) is 7.73. The van der Waals surface area contributed by atoms with Crippen molar-refractivity contribution in [1.29, 1.82) is 0 Å². The van der Waals surface area contributed by atoms with Gasteiger partial charge in [0.15, 0.2) is 9.84 Å². The van der Waals surface area contributed by atoms with Crippen LogP contribution in [-0.4, -0.2) is 38.7 Å². The largest absolute Gasteiger partial charge is 0.383 e. The van der Waals surface area contributed by atoms with Gasteiger partial charge in [-0.15, -0.1) is 0 Å². The molecule has 0 spiro atoms. The fourth-order valence-corrected chi connectivity index (χ4v) is 4.70. The minimum Gasteiger partial charge on any atom is -0.383 e. The Bertz CT molecular complexity index is 514. The highest BCUT2D eigenvalue weighted by atomic mass is 32.2. The van der Waals surface area contributed by atoms with E-state index >= 15 is 0 Å². The molecule has 18 heavy (non-hydrogen) atoms. The monoisotopic (exact) mass is 269 g/mol. The SMILES string of the molecule is CCS(=O)(=O)[C@@H]1[C@@H](c2ccccc2)[C@@]1(N)COC. The van der Waals surface area contributed by atoms with Crippen LogP contribution in [0, 0.1) is 0 Å². The normalized spacial score (nSPS) is 31.3. The van der Waals surface area contributed by atoms with Crippen LogP contribution in [0.3, 0.4) is 0 Å². The van der Waals surface area contributed by atoms with E-state index in [1.54, 1.807) is 14.0 Å². The molecule has 1 saturated carbocycles. The van der Waals surface area contributed by atoms with Gasteiger partial charge in [0.2, 0.25) is 0 Å². The first-order valence-electron chi connectivity index (χ1n) is 6.01. The summed E-state index contributed by atoms with van der Waals surface area (Å²) in [6.07, 6.45) is 0. The van der Waals surface area contributed by atoms with E-state index in [0.717, 1.165) is 5.56 Å². The third-order valence-electron chi connectivity index (χ3n) is 3.64. The Morgan fingerprint density at radius 3 is 2.44 bits per heavy atom. The quantitative estimate of drug-likeness (QED) is 0.863. The Morgan fingerprint density at radius 2 is 1.94 bits per heavy atom. The van der Waals surface area contributed by atoms with Gasteiger partial charge in [0.1, 0.15) is 0 Å². The van der Waals surface area contributed by atoms with Crippen molar-refractivity contribution in [3.8, 4) is 0 Å².